The van der Waals surface area contributed by atoms with Crippen molar-refractivity contribution in [2.75, 3.05) is 6.79 Å². The Morgan fingerprint density at radius 3 is 2.14 bits per heavy atom. The van der Waals surface area contributed by atoms with E-state index in [0.717, 1.165) is 17.5 Å². The highest BCUT2D eigenvalue weighted by molar-refractivity contribution is 5.89. The van der Waals surface area contributed by atoms with Gasteiger partial charge in [0, 0.05) is 13.3 Å². The van der Waals surface area contributed by atoms with Crippen LogP contribution in [0.3, 0.4) is 0 Å². The van der Waals surface area contributed by atoms with Crippen LogP contribution in [0.4, 0.5) is 4.79 Å². The van der Waals surface area contributed by atoms with Crippen molar-refractivity contribution in [2.45, 2.75) is 59.7 Å². The van der Waals surface area contributed by atoms with E-state index in [1.807, 2.05) is 19.1 Å². The number of amides is 1. The molecule has 0 heterocycles. The highest BCUT2D eigenvalue weighted by atomic mass is 16.8. The molecule has 1 amide bonds. The quantitative estimate of drug-likeness (QED) is 0.178. The lowest BCUT2D eigenvalue weighted by atomic mass is 9.96. The third kappa shape index (κ3) is 12.0. The number of hydroxylamine groups is 1. The summed E-state index contributed by atoms with van der Waals surface area (Å²) in [5.74, 6) is -0.566. The maximum Gasteiger partial charge on any atom is 0.511 e. The van der Waals surface area contributed by atoms with E-state index in [9.17, 15) is 19.2 Å². The van der Waals surface area contributed by atoms with E-state index in [0.29, 0.717) is 24.2 Å². The first kappa shape index (κ1) is 29.3. The number of carbonyl (C=O) groups is 4. The summed E-state index contributed by atoms with van der Waals surface area (Å²) in [6.07, 6.45) is 0.448. The molecule has 1 unspecified atom stereocenters. The van der Waals surface area contributed by atoms with Crippen LogP contribution in [0.15, 0.2) is 48.5 Å². The number of benzene rings is 2. The molecule has 10 nitrogen and oxygen atoms in total. The normalized spacial score (nSPS) is 11.4. The fraction of sp³-hybridized carbons (Fsp3) is 0.407. The molecule has 0 aliphatic rings. The molecule has 0 spiro atoms. The van der Waals surface area contributed by atoms with Crippen molar-refractivity contribution in [3.05, 3.63) is 65.2 Å². The third-order valence-corrected chi connectivity index (χ3v) is 4.95. The largest absolute Gasteiger partial charge is 0.511 e. The standard InChI is InChI=1S/C27H33NO9/c1-18(2)36-27(32)34-17-33-26(31)23-10-6-21(7-11-23)15-19(3)5-14-25(30)28-35-16-22-8-12-24(13-9-22)37-20(4)29/h6-13,18-19H,5,14-17H2,1-4H3,(H,28,30). The van der Waals surface area contributed by atoms with Gasteiger partial charge in [-0.25, -0.2) is 15.1 Å². The number of hydrogen-bond donors (Lipinski definition) is 1. The number of hydrogen-bond acceptors (Lipinski definition) is 9. The first-order valence-electron chi connectivity index (χ1n) is 11.9. The van der Waals surface area contributed by atoms with Crippen LogP contribution in [0.25, 0.3) is 0 Å². The molecule has 2 aromatic rings. The van der Waals surface area contributed by atoms with Gasteiger partial charge in [-0.2, -0.15) is 0 Å². The summed E-state index contributed by atoms with van der Waals surface area (Å²) in [5, 5.41) is 0. The van der Waals surface area contributed by atoms with Crippen molar-refractivity contribution < 1.29 is 43.0 Å². The molecule has 1 atom stereocenters. The number of carbonyl (C=O) groups excluding carboxylic acids is 4. The molecule has 0 aliphatic heterocycles. The molecule has 37 heavy (non-hydrogen) atoms. The van der Waals surface area contributed by atoms with E-state index in [-0.39, 0.29) is 24.5 Å². The van der Waals surface area contributed by atoms with Crippen molar-refractivity contribution in [1.29, 1.82) is 0 Å². The molecule has 0 saturated heterocycles. The minimum absolute atomic E-state index is 0.185. The first-order chi connectivity index (χ1) is 17.6. The predicted molar refractivity (Wildman–Crippen MR) is 132 cm³/mol. The second kappa shape index (κ2) is 15.2. The lowest BCUT2D eigenvalue weighted by Crippen LogP contribution is -2.23. The Hall–Kier alpha value is -3.92. The molecule has 10 heteroatoms. The van der Waals surface area contributed by atoms with Gasteiger partial charge in [0.25, 0.3) is 0 Å². The molecule has 0 bridgehead atoms. The predicted octanol–water partition coefficient (Wildman–Crippen LogP) is 4.49. The smallest absolute Gasteiger partial charge is 0.431 e. The Bertz CT molecular complexity index is 1030. The lowest BCUT2D eigenvalue weighted by Gasteiger charge is -2.12. The molecule has 0 saturated carbocycles. The van der Waals surface area contributed by atoms with Crippen molar-refractivity contribution in [3.63, 3.8) is 0 Å². The van der Waals surface area contributed by atoms with Crippen LogP contribution in [0.1, 0.15) is 62.0 Å². The van der Waals surface area contributed by atoms with Crippen LogP contribution in [-0.4, -0.2) is 36.9 Å². The van der Waals surface area contributed by atoms with E-state index in [2.05, 4.69) is 10.2 Å². The molecule has 200 valence electrons. The SMILES string of the molecule is CC(=O)Oc1ccc(CONC(=O)CCC(C)Cc2ccc(C(=O)OCOC(=O)OC(C)C)cc2)cc1. The van der Waals surface area contributed by atoms with E-state index in [1.54, 1.807) is 50.2 Å². The number of nitrogens with one attached hydrogen (secondary N) is 1. The van der Waals surface area contributed by atoms with E-state index in [4.69, 9.17) is 19.0 Å². The van der Waals surface area contributed by atoms with Gasteiger partial charge in [-0.05, 0) is 68.0 Å². The van der Waals surface area contributed by atoms with Gasteiger partial charge in [-0.3, -0.25) is 14.4 Å². The Kier molecular flexibility index (Phi) is 12.1. The molecule has 0 aromatic heterocycles. The maximum atomic E-state index is 12.1. The van der Waals surface area contributed by atoms with Crippen molar-refractivity contribution in [2.24, 2.45) is 5.92 Å². The Balaban J connectivity index is 1.64. The fourth-order valence-electron chi connectivity index (χ4n) is 3.17. The molecular formula is C27H33NO9. The average molecular weight is 516 g/mol. The highest BCUT2D eigenvalue weighted by Crippen LogP contribution is 2.16. The van der Waals surface area contributed by atoms with Gasteiger partial charge in [0.05, 0.1) is 18.3 Å². The summed E-state index contributed by atoms with van der Waals surface area (Å²) < 4.78 is 19.3. The summed E-state index contributed by atoms with van der Waals surface area (Å²) in [6, 6.07) is 13.7. The molecular weight excluding hydrogens is 482 g/mol. The van der Waals surface area contributed by atoms with Crippen LogP contribution in [-0.2, 0) is 41.7 Å². The average Bonchev–Trinajstić information content (AvgIpc) is 2.83. The summed E-state index contributed by atoms with van der Waals surface area (Å²) >= 11 is 0. The molecule has 0 aliphatic carbocycles. The van der Waals surface area contributed by atoms with Gasteiger partial charge >= 0.3 is 18.1 Å². The lowest BCUT2D eigenvalue weighted by molar-refractivity contribution is -0.135. The zero-order chi connectivity index (χ0) is 27.2. The van der Waals surface area contributed by atoms with Crippen LogP contribution in [0, 0.1) is 5.92 Å². The molecule has 2 aromatic carbocycles. The van der Waals surface area contributed by atoms with Gasteiger partial charge in [-0.1, -0.05) is 31.2 Å². The van der Waals surface area contributed by atoms with Crippen molar-refractivity contribution in [1.82, 2.24) is 5.48 Å². The van der Waals surface area contributed by atoms with Gasteiger partial charge < -0.3 is 18.9 Å². The number of ether oxygens (including phenoxy) is 4. The van der Waals surface area contributed by atoms with Crippen LogP contribution in [0.2, 0.25) is 0 Å². The molecule has 0 radical (unpaired) electrons. The summed E-state index contributed by atoms with van der Waals surface area (Å²) in [7, 11) is 0. The van der Waals surface area contributed by atoms with Gasteiger partial charge in [0.15, 0.2) is 0 Å². The van der Waals surface area contributed by atoms with E-state index >= 15 is 0 Å². The van der Waals surface area contributed by atoms with Gasteiger partial charge in [-0.15, -0.1) is 0 Å². The maximum absolute atomic E-state index is 12.1. The topological polar surface area (TPSA) is 126 Å². The number of esters is 2. The fourth-order valence-corrected chi connectivity index (χ4v) is 3.17. The molecule has 0 fully saturated rings. The van der Waals surface area contributed by atoms with Crippen molar-refractivity contribution >= 4 is 24.0 Å². The minimum Gasteiger partial charge on any atom is -0.431 e. The zero-order valence-electron chi connectivity index (χ0n) is 21.5. The minimum atomic E-state index is -0.903. The van der Waals surface area contributed by atoms with E-state index < -0.39 is 24.9 Å². The molecule has 2 rings (SSSR count). The highest BCUT2D eigenvalue weighted by Gasteiger charge is 2.12. The molecule has 1 N–H and O–H groups in total. The Morgan fingerprint density at radius 1 is 0.865 bits per heavy atom. The second-order valence-electron chi connectivity index (χ2n) is 8.71. The van der Waals surface area contributed by atoms with Crippen LogP contribution in [0.5, 0.6) is 5.75 Å². The first-order valence-corrected chi connectivity index (χ1v) is 11.9. The Morgan fingerprint density at radius 2 is 1.51 bits per heavy atom. The van der Waals surface area contributed by atoms with E-state index in [1.165, 1.54) is 6.92 Å². The third-order valence-electron chi connectivity index (χ3n) is 4.95. The number of rotatable bonds is 13. The van der Waals surface area contributed by atoms with Gasteiger partial charge in [0.1, 0.15) is 5.75 Å². The van der Waals surface area contributed by atoms with Crippen molar-refractivity contribution in [3.8, 4) is 5.75 Å². The van der Waals surface area contributed by atoms with Gasteiger partial charge in [0.2, 0.25) is 12.7 Å². The monoisotopic (exact) mass is 515 g/mol. The Labute approximate surface area is 216 Å². The summed E-state index contributed by atoms with van der Waals surface area (Å²) in [4.78, 5) is 51.6. The second-order valence-corrected chi connectivity index (χ2v) is 8.71. The van der Waals surface area contributed by atoms with Crippen LogP contribution < -0.4 is 10.2 Å². The zero-order valence-corrected chi connectivity index (χ0v) is 21.5. The van der Waals surface area contributed by atoms with Crippen LogP contribution >= 0.6 is 0 Å². The summed E-state index contributed by atoms with van der Waals surface area (Å²) in [5.41, 5.74) is 4.59. The summed E-state index contributed by atoms with van der Waals surface area (Å²) in [6.45, 7) is 6.38.